The Morgan fingerprint density at radius 1 is 1.05 bits per heavy atom. The first-order valence-electron chi connectivity index (χ1n) is 6.05. The maximum Gasteiger partial charge on any atom is 0.274 e. The maximum atomic E-state index is 13.2. The zero-order valence-corrected chi connectivity index (χ0v) is 9.97. The molecular weight excluding hydrogens is 257 g/mol. The van der Waals surface area contributed by atoms with E-state index in [1.807, 2.05) is 0 Å². The molecule has 0 saturated heterocycles. The number of aromatic amines is 1. The molecule has 1 heterocycles. The number of hydrogen-bond acceptors (Lipinski definition) is 1. The highest BCUT2D eigenvalue weighted by atomic mass is 19.2. The van der Waals surface area contributed by atoms with Crippen LogP contribution < -0.4 is 5.56 Å². The second-order valence-electron chi connectivity index (χ2n) is 4.64. The molecule has 1 aromatic carbocycles. The number of nitrogens with one attached hydrogen (secondary N) is 1. The van der Waals surface area contributed by atoms with Gasteiger partial charge in [-0.15, -0.1) is 0 Å². The molecule has 0 bridgehead atoms. The Bertz CT molecular complexity index is 679. The summed E-state index contributed by atoms with van der Waals surface area (Å²) in [5.74, 6) is -4.16. The summed E-state index contributed by atoms with van der Waals surface area (Å²) in [5, 5.41) is 2.84. The lowest BCUT2D eigenvalue weighted by Crippen LogP contribution is -2.18. The number of hydrogen-bond donors (Lipinski definition) is 1. The van der Waals surface area contributed by atoms with Crippen LogP contribution in [0.2, 0.25) is 0 Å². The zero-order chi connectivity index (χ0) is 13.6. The van der Waals surface area contributed by atoms with Crippen molar-refractivity contribution in [2.45, 2.75) is 25.7 Å². The molecule has 19 heavy (non-hydrogen) atoms. The first-order chi connectivity index (χ1) is 9.08. The van der Waals surface area contributed by atoms with Gasteiger partial charge in [-0.2, -0.15) is 0 Å². The van der Waals surface area contributed by atoms with Crippen LogP contribution in [0.15, 0.2) is 16.9 Å². The van der Waals surface area contributed by atoms with E-state index in [1.54, 1.807) is 0 Å². The van der Waals surface area contributed by atoms with Gasteiger partial charge >= 0.3 is 0 Å². The van der Waals surface area contributed by atoms with Crippen molar-refractivity contribution in [2.75, 3.05) is 0 Å². The van der Waals surface area contributed by atoms with Gasteiger partial charge in [0, 0.05) is 23.4 Å². The van der Waals surface area contributed by atoms with E-state index in [0.29, 0.717) is 12.0 Å². The van der Waals surface area contributed by atoms with E-state index in [4.69, 9.17) is 0 Å². The lowest BCUT2D eigenvalue weighted by atomic mass is 9.98. The molecule has 0 unspecified atom stereocenters. The molecule has 0 amide bonds. The number of aryl methyl sites for hydroxylation is 1. The van der Waals surface area contributed by atoms with E-state index in [0.717, 1.165) is 41.8 Å². The third-order valence-electron chi connectivity index (χ3n) is 3.40. The number of benzene rings is 1. The summed E-state index contributed by atoms with van der Waals surface area (Å²) in [6, 6.07) is 1.61. The highest BCUT2D eigenvalue weighted by Gasteiger charge is 2.20. The SMILES string of the molecule is O=c1c2c([nH]n1-c1cc(F)c(F)c(F)c1)CCCC2. The predicted molar refractivity (Wildman–Crippen MR) is 62.9 cm³/mol. The first kappa shape index (κ1) is 12.1. The normalized spacial score (nSPS) is 14.5. The summed E-state index contributed by atoms with van der Waals surface area (Å²) < 4.78 is 40.4. The van der Waals surface area contributed by atoms with Crippen LogP contribution in [0, 0.1) is 17.5 Å². The molecule has 1 aliphatic rings. The van der Waals surface area contributed by atoms with Crippen LogP contribution in [0.25, 0.3) is 5.69 Å². The van der Waals surface area contributed by atoms with Gasteiger partial charge in [-0.3, -0.25) is 9.89 Å². The van der Waals surface area contributed by atoms with Gasteiger partial charge < -0.3 is 0 Å². The minimum atomic E-state index is -1.53. The van der Waals surface area contributed by atoms with Gasteiger partial charge in [0.15, 0.2) is 17.5 Å². The van der Waals surface area contributed by atoms with E-state index in [9.17, 15) is 18.0 Å². The van der Waals surface area contributed by atoms with Crippen molar-refractivity contribution in [3.05, 3.63) is 51.2 Å². The van der Waals surface area contributed by atoms with Crippen LogP contribution in [0.1, 0.15) is 24.1 Å². The molecule has 100 valence electrons. The average molecular weight is 268 g/mol. The van der Waals surface area contributed by atoms with Crippen LogP contribution in [0.3, 0.4) is 0 Å². The number of rotatable bonds is 1. The highest BCUT2D eigenvalue weighted by molar-refractivity contribution is 5.35. The Balaban J connectivity index is 2.18. The van der Waals surface area contributed by atoms with Crippen molar-refractivity contribution >= 4 is 0 Å². The van der Waals surface area contributed by atoms with Gasteiger partial charge in [-0.25, -0.2) is 17.9 Å². The molecular formula is C13H11F3N2O. The summed E-state index contributed by atoms with van der Waals surface area (Å²) in [5.41, 5.74) is 1.09. The molecule has 0 saturated carbocycles. The molecule has 1 aromatic heterocycles. The van der Waals surface area contributed by atoms with Crippen molar-refractivity contribution in [3.8, 4) is 5.69 Å². The van der Waals surface area contributed by atoms with Gasteiger partial charge in [0.1, 0.15) is 0 Å². The van der Waals surface area contributed by atoms with Crippen LogP contribution in [0.4, 0.5) is 13.2 Å². The monoisotopic (exact) mass is 268 g/mol. The Hall–Kier alpha value is -1.98. The molecule has 3 rings (SSSR count). The van der Waals surface area contributed by atoms with Gasteiger partial charge in [-0.1, -0.05) is 0 Å². The van der Waals surface area contributed by atoms with Gasteiger partial charge in [0.2, 0.25) is 0 Å². The van der Waals surface area contributed by atoms with Crippen molar-refractivity contribution in [1.82, 2.24) is 9.78 Å². The largest absolute Gasteiger partial charge is 0.295 e. The predicted octanol–water partition coefficient (Wildman–Crippen LogP) is 2.46. The molecule has 3 nitrogen and oxygen atoms in total. The van der Waals surface area contributed by atoms with Crippen LogP contribution >= 0.6 is 0 Å². The quantitative estimate of drug-likeness (QED) is 0.793. The minimum Gasteiger partial charge on any atom is -0.295 e. The molecule has 2 aromatic rings. The summed E-state index contributed by atoms with van der Waals surface area (Å²) >= 11 is 0. The Morgan fingerprint density at radius 2 is 1.68 bits per heavy atom. The van der Waals surface area contributed by atoms with E-state index in [1.165, 1.54) is 0 Å². The summed E-state index contributed by atoms with van der Waals surface area (Å²) in [6.07, 6.45) is 3.29. The maximum absolute atomic E-state index is 13.2. The fourth-order valence-corrected chi connectivity index (χ4v) is 2.44. The molecule has 6 heteroatoms. The Kier molecular flexibility index (Phi) is 2.73. The molecule has 0 atom stereocenters. The zero-order valence-electron chi connectivity index (χ0n) is 9.97. The van der Waals surface area contributed by atoms with Crippen molar-refractivity contribution in [2.24, 2.45) is 0 Å². The topological polar surface area (TPSA) is 37.8 Å². The van der Waals surface area contributed by atoms with Gasteiger partial charge in [0.25, 0.3) is 5.56 Å². The highest BCUT2D eigenvalue weighted by Crippen LogP contribution is 2.19. The standard InChI is InChI=1S/C13H11F3N2O/c14-9-5-7(6-10(15)12(9)16)18-13(19)8-3-1-2-4-11(8)17-18/h5-6,17H,1-4H2. The third-order valence-corrected chi connectivity index (χ3v) is 3.40. The molecule has 1 N–H and O–H groups in total. The summed E-state index contributed by atoms with van der Waals surface area (Å²) in [6.45, 7) is 0. The van der Waals surface area contributed by atoms with Crippen LogP contribution in [-0.2, 0) is 12.8 Å². The number of aromatic nitrogens is 2. The van der Waals surface area contributed by atoms with Gasteiger partial charge in [-0.05, 0) is 25.7 Å². The van der Waals surface area contributed by atoms with Gasteiger partial charge in [0.05, 0.1) is 5.69 Å². The summed E-state index contributed by atoms with van der Waals surface area (Å²) in [4.78, 5) is 12.1. The van der Waals surface area contributed by atoms with E-state index in [-0.39, 0.29) is 11.2 Å². The van der Waals surface area contributed by atoms with Crippen LogP contribution in [-0.4, -0.2) is 9.78 Å². The minimum absolute atomic E-state index is 0.0317. The van der Waals surface area contributed by atoms with E-state index in [2.05, 4.69) is 5.10 Å². The van der Waals surface area contributed by atoms with Crippen molar-refractivity contribution in [3.63, 3.8) is 0 Å². The first-order valence-corrected chi connectivity index (χ1v) is 6.05. The van der Waals surface area contributed by atoms with E-state index >= 15 is 0 Å². The molecule has 0 fully saturated rings. The number of nitrogens with zero attached hydrogens (tertiary/aromatic N) is 1. The second-order valence-corrected chi connectivity index (χ2v) is 4.64. The molecule has 0 spiro atoms. The number of halogens is 3. The smallest absolute Gasteiger partial charge is 0.274 e. The van der Waals surface area contributed by atoms with Crippen LogP contribution in [0.5, 0.6) is 0 Å². The Labute approximate surface area is 106 Å². The lowest BCUT2D eigenvalue weighted by molar-refractivity contribution is 0.445. The summed E-state index contributed by atoms with van der Waals surface area (Å²) in [7, 11) is 0. The molecule has 0 aliphatic heterocycles. The molecule has 0 radical (unpaired) electrons. The fourth-order valence-electron chi connectivity index (χ4n) is 2.44. The third kappa shape index (κ3) is 1.87. The average Bonchev–Trinajstić information content (AvgIpc) is 2.73. The van der Waals surface area contributed by atoms with E-state index < -0.39 is 17.5 Å². The fraction of sp³-hybridized carbons (Fsp3) is 0.308. The second kappa shape index (κ2) is 4.29. The van der Waals surface area contributed by atoms with Crippen molar-refractivity contribution in [1.29, 1.82) is 0 Å². The lowest BCUT2D eigenvalue weighted by Gasteiger charge is -2.07. The van der Waals surface area contributed by atoms with Crippen molar-refractivity contribution < 1.29 is 13.2 Å². The molecule has 1 aliphatic carbocycles. The Morgan fingerprint density at radius 3 is 2.32 bits per heavy atom. The number of H-pyrrole nitrogens is 1. The number of fused-ring (bicyclic) bond motifs is 1.